The number of rotatable bonds is 10. The van der Waals surface area contributed by atoms with E-state index in [1.165, 1.54) is 36.9 Å². The van der Waals surface area contributed by atoms with Crippen molar-refractivity contribution in [2.45, 2.75) is 23.5 Å². The molecule has 1 heterocycles. The van der Waals surface area contributed by atoms with Crippen LogP contribution < -0.4 is 5.32 Å². The molecule has 1 aliphatic rings. The van der Waals surface area contributed by atoms with Crippen LogP contribution in [0.4, 0.5) is 0 Å². The quantitative estimate of drug-likeness (QED) is 0.489. The van der Waals surface area contributed by atoms with Crippen LogP contribution in [-0.2, 0) is 10.5 Å². The molecule has 2 N–H and O–H groups in total. The molecule has 0 bridgehead atoms. The number of ether oxygens (including phenoxy) is 1. The van der Waals surface area contributed by atoms with Crippen molar-refractivity contribution in [3.05, 3.63) is 53.5 Å². The molecule has 138 valence electrons. The SMILES string of the molecule is O=C(NCCOCC1CC1)c1ccccc1SCc1occc1C(=O)O. The van der Waals surface area contributed by atoms with E-state index in [0.29, 0.717) is 36.1 Å². The number of benzene rings is 1. The largest absolute Gasteiger partial charge is 0.478 e. The first-order valence-corrected chi connectivity index (χ1v) is 9.51. The monoisotopic (exact) mass is 375 g/mol. The second-order valence-electron chi connectivity index (χ2n) is 6.12. The first-order valence-electron chi connectivity index (χ1n) is 8.52. The highest BCUT2D eigenvalue weighted by molar-refractivity contribution is 7.98. The number of carbonyl (C=O) groups excluding carboxylic acids is 1. The van der Waals surface area contributed by atoms with Gasteiger partial charge in [0.1, 0.15) is 11.3 Å². The molecule has 1 saturated carbocycles. The van der Waals surface area contributed by atoms with E-state index in [4.69, 9.17) is 14.3 Å². The van der Waals surface area contributed by atoms with Crippen LogP contribution in [0.2, 0.25) is 0 Å². The van der Waals surface area contributed by atoms with E-state index < -0.39 is 5.97 Å². The van der Waals surface area contributed by atoms with Crippen LogP contribution in [-0.4, -0.2) is 36.7 Å². The number of thioether (sulfide) groups is 1. The van der Waals surface area contributed by atoms with Crippen molar-refractivity contribution >= 4 is 23.6 Å². The van der Waals surface area contributed by atoms with Gasteiger partial charge in [-0.15, -0.1) is 11.8 Å². The highest BCUT2D eigenvalue weighted by Crippen LogP contribution is 2.29. The number of hydrogen-bond donors (Lipinski definition) is 2. The normalized spacial score (nSPS) is 13.5. The smallest absolute Gasteiger partial charge is 0.339 e. The Balaban J connectivity index is 1.53. The molecule has 7 heteroatoms. The summed E-state index contributed by atoms with van der Waals surface area (Å²) in [5, 5.41) is 12.0. The second-order valence-corrected chi connectivity index (χ2v) is 7.14. The molecular formula is C19H21NO5S. The third kappa shape index (κ3) is 5.12. The highest BCUT2D eigenvalue weighted by Gasteiger charge is 2.21. The van der Waals surface area contributed by atoms with Crippen LogP contribution in [0.25, 0.3) is 0 Å². The van der Waals surface area contributed by atoms with Gasteiger partial charge in [-0.05, 0) is 37.0 Å². The summed E-state index contributed by atoms with van der Waals surface area (Å²) >= 11 is 1.37. The van der Waals surface area contributed by atoms with Crippen molar-refractivity contribution in [2.75, 3.05) is 19.8 Å². The third-order valence-corrected chi connectivity index (χ3v) is 5.12. The summed E-state index contributed by atoms with van der Waals surface area (Å²) in [4.78, 5) is 24.3. The number of carboxylic acid groups (broad SMARTS) is 1. The van der Waals surface area contributed by atoms with Gasteiger partial charge in [-0.2, -0.15) is 0 Å². The number of furan rings is 1. The van der Waals surface area contributed by atoms with Gasteiger partial charge in [0.2, 0.25) is 0 Å². The van der Waals surface area contributed by atoms with Crippen LogP contribution in [0.3, 0.4) is 0 Å². The predicted molar refractivity (Wildman–Crippen MR) is 97.5 cm³/mol. The molecule has 6 nitrogen and oxygen atoms in total. The summed E-state index contributed by atoms with van der Waals surface area (Å²) < 4.78 is 10.8. The minimum Gasteiger partial charge on any atom is -0.478 e. The van der Waals surface area contributed by atoms with Gasteiger partial charge in [-0.25, -0.2) is 4.79 Å². The Bertz CT molecular complexity index is 769. The molecule has 0 aliphatic heterocycles. The second kappa shape index (κ2) is 8.91. The molecule has 0 radical (unpaired) electrons. The van der Waals surface area contributed by atoms with E-state index in [9.17, 15) is 9.59 Å². The summed E-state index contributed by atoms with van der Waals surface area (Å²) in [6, 6.07) is 8.67. The summed E-state index contributed by atoms with van der Waals surface area (Å²) in [6.07, 6.45) is 3.85. The Hall–Kier alpha value is -2.25. The Morgan fingerprint density at radius 2 is 2.04 bits per heavy atom. The average Bonchev–Trinajstić information content (AvgIpc) is 3.34. The minimum absolute atomic E-state index is 0.146. The molecule has 26 heavy (non-hydrogen) atoms. The van der Waals surface area contributed by atoms with Gasteiger partial charge in [0.25, 0.3) is 5.91 Å². The fourth-order valence-electron chi connectivity index (χ4n) is 2.43. The zero-order chi connectivity index (χ0) is 18.4. The molecule has 0 atom stereocenters. The van der Waals surface area contributed by atoms with Crippen LogP contribution in [0, 0.1) is 5.92 Å². The molecule has 1 aromatic heterocycles. The van der Waals surface area contributed by atoms with Crippen LogP contribution in [0.1, 0.15) is 39.3 Å². The van der Waals surface area contributed by atoms with Crippen molar-refractivity contribution in [2.24, 2.45) is 5.92 Å². The summed E-state index contributed by atoms with van der Waals surface area (Å²) in [7, 11) is 0. The molecule has 1 aliphatic carbocycles. The third-order valence-electron chi connectivity index (χ3n) is 4.05. The van der Waals surface area contributed by atoms with Gasteiger partial charge in [0.15, 0.2) is 0 Å². The fraction of sp³-hybridized carbons (Fsp3) is 0.368. The van der Waals surface area contributed by atoms with Gasteiger partial charge in [-0.1, -0.05) is 12.1 Å². The van der Waals surface area contributed by atoms with E-state index in [0.717, 1.165) is 11.5 Å². The van der Waals surface area contributed by atoms with Crippen LogP contribution >= 0.6 is 11.8 Å². The van der Waals surface area contributed by atoms with Crippen LogP contribution in [0.5, 0.6) is 0 Å². The average molecular weight is 375 g/mol. The fourth-order valence-corrected chi connectivity index (χ4v) is 3.43. The lowest BCUT2D eigenvalue weighted by molar-refractivity contribution is 0.0694. The molecule has 3 rings (SSSR count). The summed E-state index contributed by atoms with van der Waals surface area (Å²) in [5.74, 6) is 0.239. The first kappa shape index (κ1) is 18.5. The van der Waals surface area contributed by atoms with Gasteiger partial charge in [0.05, 0.1) is 24.2 Å². The van der Waals surface area contributed by atoms with E-state index in [-0.39, 0.29) is 11.5 Å². The number of carbonyl (C=O) groups is 2. The number of aromatic carboxylic acids is 1. The molecule has 0 unspecified atom stereocenters. The van der Waals surface area contributed by atoms with E-state index >= 15 is 0 Å². The Kier molecular flexibility index (Phi) is 6.35. The summed E-state index contributed by atoms with van der Waals surface area (Å²) in [5.41, 5.74) is 0.704. The topological polar surface area (TPSA) is 88.8 Å². The van der Waals surface area contributed by atoms with Crippen molar-refractivity contribution in [3.63, 3.8) is 0 Å². The maximum atomic E-state index is 12.4. The predicted octanol–water partition coefficient (Wildman–Crippen LogP) is 3.43. The minimum atomic E-state index is -1.02. The van der Waals surface area contributed by atoms with Gasteiger partial charge in [0, 0.05) is 18.0 Å². The molecule has 0 spiro atoms. The first-order chi connectivity index (χ1) is 12.6. The van der Waals surface area contributed by atoms with Crippen molar-refractivity contribution in [1.82, 2.24) is 5.32 Å². The summed E-state index contributed by atoms with van der Waals surface area (Å²) in [6.45, 7) is 1.75. The molecule has 2 aromatic rings. The van der Waals surface area contributed by atoms with E-state index in [2.05, 4.69) is 5.32 Å². The lowest BCUT2D eigenvalue weighted by Gasteiger charge is -2.10. The number of amides is 1. The lowest BCUT2D eigenvalue weighted by Crippen LogP contribution is -2.27. The number of hydrogen-bond acceptors (Lipinski definition) is 5. The number of carboxylic acids is 1. The molecule has 1 aromatic carbocycles. The molecule has 0 saturated heterocycles. The Labute approximate surface area is 155 Å². The van der Waals surface area contributed by atoms with E-state index in [1.54, 1.807) is 12.1 Å². The number of nitrogens with one attached hydrogen (secondary N) is 1. The Morgan fingerprint density at radius 1 is 1.23 bits per heavy atom. The lowest BCUT2D eigenvalue weighted by atomic mass is 10.2. The van der Waals surface area contributed by atoms with Gasteiger partial charge >= 0.3 is 5.97 Å². The molecule has 1 fully saturated rings. The standard InChI is InChI=1S/C19H21NO5S/c21-18(20-8-10-24-11-13-5-6-13)15-3-1-2-4-17(15)26-12-16-14(19(22)23)7-9-25-16/h1-4,7,9,13H,5-6,8,10-12H2,(H,20,21)(H,22,23). The van der Waals surface area contributed by atoms with Crippen molar-refractivity contribution < 1.29 is 23.8 Å². The molecular weight excluding hydrogens is 354 g/mol. The molecule has 1 amide bonds. The maximum absolute atomic E-state index is 12.4. The Morgan fingerprint density at radius 3 is 2.81 bits per heavy atom. The van der Waals surface area contributed by atoms with Gasteiger partial charge < -0.3 is 19.6 Å². The van der Waals surface area contributed by atoms with Crippen molar-refractivity contribution in [3.8, 4) is 0 Å². The van der Waals surface area contributed by atoms with Crippen molar-refractivity contribution in [1.29, 1.82) is 0 Å². The highest BCUT2D eigenvalue weighted by atomic mass is 32.2. The zero-order valence-electron chi connectivity index (χ0n) is 14.3. The maximum Gasteiger partial charge on any atom is 0.339 e. The van der Waals surface area contributed by atoms with Crippen LogP contribution in [0.15, 0.2) is 45.9 Å². The van der Waals surface area contributed by atoms with E-state index in [1.807, 2.05) is 12.1 Å². The zero-order valence-corrected chi connectivity index (χ0v) is 15.1. The van der Waals surface area contributed by atoms with Gasteiger partial charge in [-0.3, -0.25) is 4.79 Å².